The molecule has 0 saturated heterocycles. The molecular formula is C17H26IN. The van der Waals surface area contributed by atoms with Crippen molar-refractivity contribution in [3.05, 3.63) is 33.4 Å². The summed E-state index contributed by atoms with van der Waals surface area (Å²) in [5.41, 5.74) is 1.52. The zero-order valence-electron chi connectivity index (χ0n) is 12.2. The van der Waals surface area contributed by atoms with Crippen molar-refractivity contribution < 1.29 is 0 Å². The highest BCUT2D eigenvalue weighted by Gasteiger charge is 2.29. The lowest BCUT2D eigenvalue weighted by atomic mass is 9.71. The van der Waals surface area contributed by atoms with Crippen LogP contribution in [0.2, 0.25) is 0 Å². The summed E-state index contributed by atoms with van der Waals surface area (Å²) in [5.74, 6) is 2.69. The van der Waals surface area contributed by atoms with Gasteiger partial charge < -0.3 is 5.32 Å². The van der Waals surface area contributed by atoms with Crippen LogP contribution in [0.1, 0.15) is 38.2 Å². The summed E-state index contributed by atoms with van der Waals surface area (Å²) in [6, 6.07) is 9.10. The van der Waals surface area contributed by atoms with E-state index in [1.54, 1.807) is 0 Å². The van der Waals surface area contributed by atoms with E-state index in [9.17, 15) is 0 Å². The average molecular weight is 371 g/mol. The van der Waals surface area contributed by atoms with E-state index >= 15 is 0 Å². The van der Waals surface area contributed by atoms with Gasteiger partial charge in [-0.05, 0) is 90.9 Å². The van der Waals surface area contributed by atoms with Crippen molar-refractivity contribution in [2.45, 2.75) is 39.0 Å². The standard InChI is InChI=1S/C17H26IN/c1-3-13-4-7-15(12-19-2)16(10-13)11-14-5-8-17(18)9-6-14/h5-6,8-9,13,15-16,19H,3-4,7,10-12H2,1-2H3. The molecular weight excluding hydrogens is 345 g/mol. The van der Waals surface area contributed by atoms with E-state index in [1.165, 1.54) is 47.8 Å². The van der Waals surface area contributed by atoms with Crippen molar-refractivity contribution in [2.24, 2.45) is 17.8 Å². The van der Waals surface area contributed by atoms with Crippen LogP contribution in [0.3, 0.4) is 0 Å². The predicted molar refractivity (Wildman–Crippen MR) is 91.4 cm³/mol. The van der Waals surface area contributed by atoms with Crippen molar-refractivity contribution in [1.29, 1.82) is 0 Å². The van der Waals surface area contributed by atoms with Gasteiger partial charge in [-0.25, -0.2) is 0 Å². The molecule has 19 heavy (non-hydrogen) atoms. The Hall–Kier alpha value is -0.0900. The van der Waals surface area contributed by atoms with Crippen LogP contribution >= 0.6 is 22.6 Å². The van der Waals surface area contributed by atoms with Crippen LogP contribution in [0.5, 0.6) is 0 Å². The molecule has 1 aliphatic carbocycles. The Balaban J connectivity index is 2.02. The second-order valence-corrected chi connectivity index (χ2v) is 7.24. The number of benzene rings is 1. The molecule has 3 atom stereocenters. The van der Waals surface area contributed by atoms with Crippen molar-refractivity contribution in [1.82, 2.24) is 5.32 Å². The number of nitrogens with one attached hydrogen (secondary N) is 1. The van der Waals surface area contributed by atoms with Crippen LogP contribution in [0.15, 0.2) is 24.3 Å². The molecule has 0 heterocycles. The Labute approximate surface area is 131 Å². The van der Waals surface area contributed by atoms with E-state index in [2.05, 4.69) is 66.1 Å². The van der Waals surface area contributed by atoms with E-state index < -0.39 is 0 Å². The van der Waals surface area contributed by atoms with Crippen LogP contribution in [0, 0.1) is 21.3 Å². The van der Waals surface area contributed by atoms with Gasteiger partial charge in [-0.1, -0.05) is 31.9 Å². The lowest BCUT2D eigenvalue weighted by Gasteiger charge is -2.36. The van der Waals surface area contributed by atoms with Gasteiger partial charge in [-0.15, -0.1) is 0 Å². The van der Waals surface area contributed by atoms with Crippen LogP contribution in [-0.4, -0.2) is 13.6 Å². The number of hydrogen-bond acceptors (Lipinski definition) is 1. The number of halogens is 1. The molecule has 1 fully saturated rings. The Morgan fingerprint density at radius 2 is 1.89 bits per heavy atom. The lowest BCUT2D eigenvalue weighted by molar-refractivity contribution is 0.173. The van der Waals surface area contributed by atoms with Crippen LogP contribution in [0.4, 0.5) is 0 Å². The molecule has 0 spiro atoms. The summed E-state index contributed by atoms with van der Waals surface area (Å²) >= 11 is 2.38. The molecule has 1 aliphatic rings. The smallest absolute Gasteiger partial charge is 0.0130 e. The summed E-state index contributed by atoms with van der Waals surface area (Å²) in [5, 5.41) is 3.39. The van der Waals surface area contributed by atoms with Crippen molar-refractivity contribution in [2.75, 3.05) is 13.6 Å². The molecule has 1 nitrogen and oxygen atoms in total. The third-order valence-corrected chi connectivity index (χ3v) is 5.42. The maximum atomic E-state index is 3.39. The van der Waals surface area contributed by atoms with Gasteiger partial charge in [0.2, 0.25) is 0 Å². The Morgan fingerprint density at radius 3 is 2.53 bits per heavy atom. The Morgan fingerprint density at radius 1 is 1.16 bits per heavy atom. The molecule has 0 aliphatic heterocycles. The molecule has 1 aromatic carbocycles. The normalized spacial score (nSPS) is 27.4. The van der Waals surface area contributed by atoms with Crippen LogP contribution in [-0.2, 0) is 6.42 Å². The molecule has 2 rings (SSSR count). The van der Waals surface area contributed by atoms with Gasteiger partial charge in [0, 0.05) is 3.57 Å². The van der Waals surface area contributed by atoms with E-state index in [4.69, 9.17) is 0 Å². The lowest BCUT2D eigenvalue weighted by Crippen LogP contribution is -2.33. The fourth-order valence-electron chi connectivity index (χ4n) is 3.50. The molecule has 1 N–H and O–H groups in total. The minimum atomic E-state index is 0.867. The Kier molecular flexibility index (Phi) is 6.14. The topological polar surface area (TPSA) is 12.0 Å². The zero-order chi connectivity index (χ0) is 13.7. The number of rotatable bonds is 5. The molecule has 106 valence electrons. The molecule has 0 amide bonds. The maximum Gasteiger partial charge on any atom is 0.0130 e. The van der Waals surface area contributed by atoms with E-state index in [0.717, 1.165) is 17.8 Å². The fourth-order valence-corrected chi connectivity index (χ4v) is 3.86. The first-order chi connectivity index (χ1) is 9.22. The van der Waals surface area contributed by atoms with Gasteiger partial charge in [-0.3, -0.25) is 0 Å². The Bertz CT molecular complexity index is 373. The second-order valence-electron chi connectivity index (χ2n) is 6.00. The van der Waals surface area contributed by atoms with E-state index in [1.807, 2.05) is 0 Å². The van der Waals surface area contributed by atoms with E-state index in [-0.39, 0.29) is 0 Å². The summed E-state index contributed by atoms with van der Waals surface area (Å²) < 4.78 is 1.34. The highest BCUT2D eigenvalue weighted by molar-refractivity contribution is 14.1. The maximum absolute atomic E-state index is 3.39. The first-order valence-electron chi connectivity index (χ1n) is 7.62. The molecule has 0 radical (unpaired) electrons. The zero-order valence-corrected chi connectivity index (χ0v) is 14.3. The summed E-state index contributed by atoms with van der Waals surface area (Å²) in [6.45, 7) is 3.54. The number of hydrogen-bond donors (Lipinski definition) is 1. The van der Waals surface area contributed by atoms with Gasteiger partial charge >= 0.3 is 0 Å². The monoisotopic (exact) mass is 371 g/mol. The first-order valence-corrected chi connectivity index (χ1v) is 8.69. The summed E-state index contributed by atoms with van der Waals surface area (Å²) in [4.78, 5) is 0. The molecule has 1 saturated carbocycles. The van der Waals surface area contributed by atoms with Gasteiger partial charge in [0.05, 0.1) is 0 Å². The van der Waals surface area contributed by atoms with Gasteiger partial charge in [0.15, 0.2) is 0 Å². The average Bonchev–Trinajstić information content (AvgIpc) is 2.43. The molecule has 0 bridgehead atoms. The van der Waals surface area contributed by atoms with Gasteiger partial charge in [0.1, 0.15) is 0 Å². The van der Waals surface area contributed by atoms with Gasteiger partial charge in [-0.2, -0.15) is 0 Å². The summed E-state index contributed by atoms with van der Waals surface area (Å²) in [7, 11) is 2.09. The largest absolute Gasteiger partial charge is 0.319 e. The fraction of sp³-hybridized carbons (Fsp3) is 0.647. The third kappa shape index (κ3) is 4.45. The highest BCUT2D eigenvalue weighted by atomic mass is 127. The summed E-state index contributed by atoms with van der Waals surface area (Å²) in [6.07, 6.45) is 6.89. The molecule has 1 aromatic rings. The third-order valence-electron chi connectivity index (χ3n) is 4.70. The van der Waals surface area contributed by atoms with Crippen LogP contribution < -0.4 is 5.32 Å². The second kappa shape index (κ2) is 7.63. The van der Waals surface area contributed by atoms with Crippen molar-refractivity contribution >= 4 is 22.6 Å². The predicted octanol–water partition coefficient (Wildman–Crippen LogP) is 4.50. The quantitative estimate of drug-likeness (QED) is 0.752. The van der Waals surface area contributed by atoms with E-state index in [0.29, 0.717) is 0 Å². The molecule has 0 aromatic heterocycles. The highest BCUT2D eigenvalue weighted by Crippen LogP contribution is 2.37. The van der Waals surface area contributed by atoms with Crippen molar-refractivity contribution in [3.8, 4) is 0 Å². The molecule has 2 heteroatoms. The minimum absolute atomic E-state index is 0.867. The van der Waals surface area contributed by atoms with Crippen LogP contribution in [0.25, 0.3) is 0 Å². The molecule has 3 unspecified atom stereocenters. The minimum Gasteiger partial charge on any atom is -0.319 e. The van der Waals surface area contributed by atoms with Gasteiger partial charge in [0.25, 0.3) is 0 Å². The first kappa shape index (κ1) is 15.3. The SMILES string of the molecule is CCC1CCC(CNC)C(Cc2ccc(I)cc2)C1. The van der Waals surface area contributed by atoms with Crippen molar-refractivity contribution in [3.63, 3.8) is 0 Å².